The van der Waals surface area contributed by atoms with Crippen molar-refractivity contribution in [2.75, 3.05) is 20.1 Å². The Morgan fingerprint density at radius 2 is 1.97 bits per heavy atom. The van der Waals surface area contributed by atoms with Crippen molar-refractivity contribution in [2.24, 2.45) is 5.92 Å². The number of thiazole rings is 1. The molecule has 1 fully saturated rings. The molecule has 0 bridgehead atoms. The molecule has 0 saturated carbocycles. The number of likely N-dealkylation sites (tertiary alicyclic amines) is 1. The van der Waals surface area contributed by atoms with Crippen molar-refractivity contribution in [1.82, 2.24) is 14.9 Å². The highest BCUT2D eigenvalue weighted by atomic mass is 32.1. The molecular weight excluding hydrogens is 456 g/mol. The first kappa shape index (κ1) is 24.7. The van der Waals surface area contributed by atoms with Gasteiger partial charge in [-0.05, 0) is 68.6 Å². The lowest BCUT2D eigenvalue weighted by molar-refractivity contribution is -0.124. The van der Waals surface area contributed by atoms with Gasteiger partial charge in [0.05, 0.1) is 0 Å². The van der Waals surface area contributed by atoms with E-state index in [1.165, 1.54) is 23.5 Å². The number of fused-ring (bicyclic) bond motifs is 1. The molecule has 5 nitrogen and oxygen atoms in total. The molecule has 34 heavy (non-hydrogen) atoms. The maximum absolute atomic E-state index is 15.1. The fourth-order valence-electron chi connectivity index (χ4n) is 4.18. The van der Waals surface area contributed by atoms with Gasteiger partial charge < -0.3 is 9.64 Å². The average molecular weight is 488 g/mol. The van der Waals surface area contributed by atoms with Crippen LogP contribution in [0.1, 0.15) is 56.2 Å². The van der Waals surface area contributed by atoms with Crippen molar-refractivity contribution in [3.8, 4) is 5.75 Å². The SMILES string of the molecule is CN1CCC(C(=O)CCc2c(F)ccc(OCc3nc4cc(C(C)(C)C)cnc4s3)c2F)CC1. The number of aromatic nitrogens is 2. The third-order valence-electron chi connectivity index (χ3n) is 6.45. The number of ether oxygens (including phenoxy) is 1. The van der Waals surface area contributed by atoms with Crippen LogP contribution in [-0.4, -0.2) is 40.8 Å². The number of rotatable bonds is 7. The highest BCUT2D eigenvalue weighted by Crippen LogP contribution is 2.29. The fourth-order valence-corrected chi connectivity index (χ4v) is 4.98. The highest BCUT2D eigenvalue weighted by molar-refractivity contribution is 7.18. The van der Waals surface area contributed by atoms with E-state index in [2.05, 4.69) is 35.6 Å². The molecule has 1 aliphatic heterocycles. The largest absolute Gasteiger partial charge is 0.483 e. The van der Waals surface area contributed by atoms with Gasteiger partial charge in [-0.25, -0.2) is 18.7 Å². The summed E-state index contributed by atoms with van der Waals surface area (Å²) < 4.78 is 35.1. The number of hydrogen-bond donors (Lipinski definition) is 0. The topological polar surface area (TPSA) is 55.3 Å². The second kappa shape index (κ2) is 10.0. The smallest absolute Gasteiger partial charge is 0.171 e. The van der Waals surface area contributed by atoms with Crippen LogP contribution < -0.4 is 4.74 Å². The van der Waals surface area contributed by atoms with E-state index < -0.39 is 11.6 Å². The van der Waals surface area contributed by atoms with Crippen molar-refractivity contribution in [2.45, 2.75) is 58.5 Å². The van der Waals surface area contributed by atoms with Gasteiger partial charge in [0.1, 0.15) is 33.6 Å². The van der Waals surface area contributed by atoms with Crippen LogP contribution in [0.2, 0.25) is 0 Å². The van der Waals surface area contributed by atoms with E-state index >= 15 is 4.39 Å². The predicted molar refractivity (Wildman–Crippen MR) is 130 cm³/mol. The van der Waals surface area contributed by atoms with E-state index in [1.807, 2.05) is 19.3 Å². The van der Waals surface area contributed by atoms with E-state index in [4.69, 9.17) is 4.74 Å². The third kappa shape index (κ3) is 5.61. The van der Waals surface area contributed by atoms with Crippen molar-refractivity contribution >= 4 is 27.5 Å². The molecule has 2 aromatic heterocycles. The number of Topliss-reactive ketones (excluding diaryl/α,β-unsaturated/α-hetero) is 1. The van der Waals surface area contributed by atoms with E-state index in [9.17, 15) is 9.18 Å². The Kier molecular flexibility index (Phi) is 7.28. The predicted octanol–water partition coefficient (Wildman–Crippen LogP) is 5.69. The molecule has 0 atom stereocenters. The summed E-state index contributed by atoms with van der Waals surface area (Å²) in [4.78, 5) is 24.6. The summed E-state index contributed by atoms with van der Waals surface area (Å²) in [6.07, 6.45) is 3.62. The zero-order chi connectivity index (χ0) is 24.5. The van der Waals surface area contributed by atoms with E-state index in [-0.39, 0.29) is 47.9 Å². The Morgan fingerprint density at radius 3 is 2.68 bits per heavy atom. The summed E-state index contributed by atoms with van der Waals surface area (Å²) in [5, 5.41) is 0.663. The molecule has 0 unspecified atom stereocenters. The summed E-state index contributed by atoms with van der Waals surface area (Å²) in [7, 11) is 2.03. The Morgan fingerprint density at radius 1 is 1.24 bits per heavy atom. The molecular formula is C26H31F2N3O2S. The number of benzene rings is 1. The lowest BCUT2D eigenvalue weighted by Gasteiger charge is -2.28. The monoisotopic (exact) mass is 487 g/mol. The molecule has 0 amide bonds. The van der Waals surface area contributed by atoms with Gasteiger partial charge in [0, 0.05) is 24.1 Å². The van der Waals surface area contributed by atoms with Gasteiger partial charge in [0.25, 0.3) is 0 Å². The van der Waals surface area contributed by atoms with Crippen LogP contribution in [0.4, 0.5) is 8.78 Å². The first-order valence-electron chi connectivity index (χ1n) is 11.7. The van der Waals surface area contributed by atoms with Gasteiger partial charge in [-0.1, -0.05) is 32.1 Å². The van der Waals surface area contributed by atoms with Crippen molar-refractivity contribution in [3.05, 3.63) is 52.2 Å². The molecule has 1 aromatic carbocycles. The number of carbonyl (C=O) groups is 1. The molecule has 4 rings (SSSR count). The van der Waals surface area contributed by atoms with Crippen molar-refractivity contribution in [1.29, 1.82) is 0 Å². The number of halogens is 2. The molecule has 0 radical (unpaired) electrons. The summed E-state index contributed by atoms with van der Waals surface area (Å²) in [6, 6.07) is 4.50. The molecule has 3 aromatic rings. The van der Waals surface area contributed by atoms with Crippen molar-refractivity contribution < 1.29 is 18.3 Å². The number of hydrogen-bond acceptors (Lipinski definition) is 6. The van der Waals surface area contributed by atoms with Gasteiger partial charge in [0.15, 0.2) is 11.6 Å². The molecule has 182 valence electrons. The lowest BCUT2D eigenvalue weighted by Crippen LogP contribution is -2.33. The van der Waals surface area contributed by atoms with Gasteiger partial charge in [-0.2, -0.15) is 0 Å². The summed E-state index contributed by atoms with van der Waals surface area (Å²) in [6.45, 7) is 8.15. The summed E-state index contributed by atoms with van der Waals surface area (Å²) in [5.41, 5.74) is 1.73. The van der Waals surface area contributed by atoms with Crippen LogP contribution in [0.5, 0.6) is 5.75 Å². The third-order valence-corrected chi connectivity index (χ3v) is 7.41. The van der Waals surface area contributed by atoms with Gasteiger partial charge >= 0.3 is 0 Å². The molecule has 0 spiro atoms. The number of pyridine rings is 1. The quantitative estimate of drug-likeness (QED) is 0.429. The minimum atomic E-state index is -0.745. The summed E-state index contributed by atoms with van der Waals surface area (Å²) in [5.74, 6) is -1.38. The molecule has 1 aliphatic rings. The van der Waals surface area contributed by atoms with Gasteiger partial charge in [-0.15, -0.1) is 0 Å². The molecule has 0 aliphatic carbocycles. The Bertz CT molecular complexity index is 1180. The van der Waals surface area contributed by atoms with Crippen LogP contribution in [0.3, 0.4) is 0 Å². The molecule has 0 N–H and O–H groups in total. The van der Waals surface area contributed by atoms with Crippen LogP contribution in [0.25, 0.3) is 10.3 Å². The number of piperidine rings is 1. The van der Waals surface area contributed by atoms with Gasteiger partial charge in [-0.3, -0.25) is 4.79 Å². The first-order valence-corrected chi connectivity index (χ1v) is 12.5. The Balaban J connectivity index is 1.42. The number of carbonyl (C=O) groups excluding carboxylic acids is 1. The number of nitrogens with zero attached hydrogens (tertiary/aromatic N) is 3. The van der Waals surface area contributed by atoms with E-state index in [0.717, 1.165) is 41.8 Å². The zero-order valence-corrected chi connectivity index (χ0v) is 21.0. The average Bonchev–Trinajstić information content (AvgIpc) is 3.20. The van der Waals surface area contributed by atoms with E-state index in [0.29, 0.717) is 5.01 Å². The second-order valence-corrected chi connectivity index (χ2v) is 11.1. The minimum absolute atomic E-state index is 0.0202. The van der Waals surface area contributed by atoms with Crippen LogP contribution in [-0.2, 0) is 23.2 Å². The molecule has 1 saturated heterocycles. The van der Waals surface area contributed by atoms with Crippen LogP contribution in [0.15, 0.2) is 24.4 Å². The molecule has 3 heterocycles. The fraction of sp³-hybridized carbons (Fsp3) is 0.500. The maximum Gasteiger partial charge on any atom is 0.171 e. The minimum Gasteiger partial charge on any atom is -0.483 e. The lowest BCUT2D eigenvalue weighted by atomic mass is 9.88. The van der Waals surface area contributed by atoms with Crippen molar-refractivity contribution in [3.63, 3.8) is 0 Å². The second-order valence-electron chi connectivity index (χ2n) is 10.1. The highest BCUT2D eigenvalue weighted by Gasteiger charge is 2.24. The first-order chi connectivity index (χ1) is 16.1. The summed E-state index contributed by atoms with van der Waals surface area (Å²) >= 11 is 1.39. The van der Waals surface area contributed by atoms with E-state index in [1.54, 1.807) is 0 Å². The Labute approximate surface area is 203 Å². The standard InChI is InChI=1S/C26H31F2N3O2S/c1-26(2,3)17-13-20-25(29-14-17)34-23(30-20)15-33-22-8-6-19(27)18(24(22)28)5-7-21(32)16-9-11-31(4)12-10-16/h6,8,13-14,16H,5,7,9-12,15H2,1-4H3. The van der Waals surface area contributed by atoms with Crippen LogP contribution in [0, 0.1) is 17.6 Å². The maximum atomic E-state index is 15.1. The zero-order valence-electron chi connectivity index (χ0n) is 20.2. The van der Waals surface area contributed by atoms with Gasteiger partial charge in [0.2, 0.25) is 0 Å². The Hall–Kier alpha value is -2.45. The number of ketones is 1. The normalized spacial score (nSPS) is 15.7. The molecule has 8 heteroatoms. The van der Waals surface area contributed by atoms with Crippen LogP contribution >= 0.6 is 11.3 Å².